The zero-order chi connectivity index (χ0) is 13.5. The number of rotatable bonds is 5. The lowest BCUT2D eigenvalue weighted by Crippen LogP contribution is -2.59. The van der Waals surface area contributed by atoms with E-state index < -0.39 is 0 Å². The lowest BCUT2D eigenvalue weighted by atomic mass is 9.96. The van der Waals surface area contributed by atoms with Crippen molar-refractivity contribution in [1.29, 1.82) is 0 Å². The molecular formula is C12H24N6O. The maximum atomic E-state index is 11.0. The van der Waals surface area contributed by atoms with Gasteiger partial charge in [0.05, 0.1) is 18.0 Å². The van der Waals surface area contributed by atoms with Crippen LogP contribution in [-0.2, 0) is 0 Å². The SMILES string of the molecule is NC(/C=C(\N=O)C1CCCNC1)NC1CNCCN1. The third-order valence-corrected chi connectivity index (χ3v) is 3.61. The van der Waals surface area contributed by atoms with Crippen molar-refractivity contribution in [1.82, 2.24) is 21.3 Å². The van der Waals surface area contributed by atoms with Crippen LogP contribution in [0, 0.1) is 10.8 Å². The van der Waals surface area contributed by atoms with Crippen molar-refractivity contribution < 1.29 is 0 Å². The summed E-state index contributed by atoms with van der Waals surface area (Å²) in [6.07, 6.45) is 3.61. The maximum absolute atomic E-state index is 11.0. The number of nitrogens with one attached hydrogen (secondary N) is 4. The summed E-state index contributed by atoms with van der Waals surface area (Å²) in [5, 5.41) is 16.3. The quantitative estimate of drug-likeness (QED) is 0.325. The van der Waals surface area contributed by atoms with Gasteiger partial charge >= 0.3 is 0 Å². The lowest BCUT2D eigenvalue weighted by Gasteiger charge is -2.28. The predicted octanol–water partition coefficient (Wildman–Crippen LogP) is -0.970. The highest BCUT2D eigenvalue weighted by Gasteiger charge is 2.20. The van der Waals surface area contributed by atoms with Crippen molar-refractivity contribution in [3.8, 4) is 0 Å². The molecule has 0 aromatic rings. The molecule has 19 heavy (non-hydrogen) atoms. The first-order valence-electron chi connectivity index (χ1n) is 7.01. The number of nitroso groups, excluding NO2 is 1. The first kappa shape index (κ1) is 14.5. The Balaban J connectivity index is 1.86. The Labute approximate surface area is 113 Å². The second-order valence-corrected chi connectivity index (χ2v) is 5.13. The van der Waals surface area contributed by atoms with Crippen LogP contribution in [0.3, 0.4) is 0 Å². The van der Waals surface area contributed by atoms with Gasteiger partial charge in [-0.3, -0.25) is 10.6 Å². The third-order valence-electron chi connectivity index (χ3n) is 3.61. The normalized spacial score (nSPS) is 30.9. The summed E-state index contributed by atoms with van der Waals surface area (Å²) >= 11 is 0. The van der Waals surface area contributed by atoms with Crippen LogP contribution in [0.1, 0.15) is 12.8 Å². The summed E-state index contributed by atoms with van der Waals surface area (Å²) in [6, 6.07) is 0. The topological polar surface area (TPSA) is 104 Å². The molecule has 0 spiro atoms. The van der Waals surface area contributed by atoms with E-state index in [0.717, 1.165) is 45.6 Å². The number of hydrogen-bond acceptors (Lipinski definition) is 7. The highest BCUT2D eigenvalue weighted by molar-refractivity contribution is 5.10. The number of nitrogens with zero attached hydrogens (tertiary/aromatic N) is 1. The summed E-state index contributed by atoms with van der Waals surface area (Å²) in [7, 11) is 0. The maximum Gasteiger partial charge on any atom is 0.0881 e. The molecule has 108 valence electrons. The largest absolute Gasteiger partial charge is 0.316 e. The molecule has 0 bridgehead atoms. The molecule has 2 rings (SSSR count). The third kappa shape index (κ3) is 4.63. The zero-order valence-electron chi connectivity index (χ0n) is 11.2. The van der Waals surface area contributed by atoms with Gasteiger partial charge in [0.25, 0.3) is 0 Å². The first-order valence-corrected chi connectivity index (χ1v) is 7.01. The van der Waals surface area contributed by atoms with Gasteiger partial charge in [0.15, 0.2) is 0 Å². The minimum absolute atomic E-state index is 0.136. The Morgan fingerprint density at radius 1 is 1.32 bits per heavy atom. The van der Waals surface area contributed by atoms with E-state index in [0.29, 0.717) is 5.70 Å². The standard InChI is InChI=1S/C12H24N6O/c13-11(17-12-8-15-4-5-16-12)6-10(18-19)9-2-1-3-14-7-9/h6,9,11-12,14-17H,1-5,7-8,13H2/b10-6-. The van der Waals surface area contributed by atoms with Crippen molar-refractivity contribution in [2.75, 3.05) is 32.7 Å². The molecule has 0 aromatic heterocycles. The molecule has 7 heteroatoms. The van der Waals surface area contributed by atoms with Crippen molar-refractivity contribution in [3.63, 3.8) is 0 Å². The highest BCUT2D eigenvalue weighted by Crippen LogP contribution is 2.20. The molecule has 0 saturated carbocycles. The van der Waals surface area contributed by atoms with Gasteiger partial charge in [0.1, 0.15) is 0 Å². The van der Waals surface area contributed by atoms with E-state index in [2.05, 4.69) is 26.4 Å². The van der Waals surface area contributed by atoms with E-state index in [4.69, 9.17) is 5.73 Å². The highest BCUT2D eigenvalue weighted by atomic mass is 16.3. The number of nitrogens with two attached hydrogens (primary N) is 1. The van der Waals surface area contributed by atoms with Gasteiger partial charge < -0.3 is 16.4 Å². The Morgan fingerprint density at radius 2 is 2.16 bits per heavy atom. The molecule has 2 saturated heterocycles. The molecule has 3 atom stereocenters. The molecule has 0 aliphatic carbocycles. The molecule has 6 N–H and O–H groups in total. The Hall–Kier alpha value is -0.860. The van der Waals surface area contributed by atoms with Crippen LogP contribution in [-0.4, -0.2) is 45.1 Å². The molecule has 7 nitrogen and oxygen atoms in total. The van der Waals surface area contributed by atoms with Gasteiger partial charge in [-0.05, 0) is 30.6 Å². The fraction of sp³-hybridized carbons (Fsp3) is 0.833. The molecule has 3 unspecified atom stereocenters. The molecule has 0 amide bonds. The Bertz CT molecular complexity index is 309. The second kappa shape index (κ2) is 7.66. The minimum Gasteiger partial charge on any atom is -0.316 e. The predicted molar refractivity (Wildman–Crippen MR) is 75.2 cm³/mol. The minimum atomic E-state index is -0.355. The Kier molecular flexibility index (Phi) is 5.87. The van der Waals surface area contributed by atoms with Crippen LogP contribution < -0.4 is 27.0 Å². The smallest absolute Gasteiger partial charge is 0.0881 e. The molecule has 0 aromatic carbocycles. The number of piperidine rings is 1. The number of hydrogen-bond donors (Lipinski definition) is 5. The van der Waals surface area contributed by atoms with Crippen LogP contribution in [0.5, 0.6) is 0 Å². The van der Waals surface area contributed by atoms with Crippen molar-refractivity contribution in [2.24, 2.45) is 16.8 Å². The summed E-state index contributed by atoms with van der Waals surface area (Å²) in [4.78, 5) is 11.0. The summed E-state index contributed by atoms with van der Waals surface area (Å²) in [6.45, 7) is 4.55. The fourth-order valence-corrected chi connectivity index (χ4v) is 2.58. The molecule has 2 aliphatic heterocycles. The van der Waals surface area contributed by atoms with Crippen LogP contribution in [0.25, 0.3) is 0 Å². The average Bonchev–Trinajstić information content (AvgIpc) is 2.47. The van der Waals surface area contributed by atoms with Gasteiger partial charge in [-0.1, -0.05) is 0 Å². The molecule has 2 fully saturated rings. The first-order chi connectivity index (χ1) is 9.29. The van der Waals surface area contributed by atoms with Crippen molar-refractivity contribution in [2.45, 2.75) is 25.2 Å². The van der Waals surface area contributed by atoms with Crippen molar-refractivity contribution in [3.05, 3.63) is 16.7 Å². The van der Waals surface area contributed by atoms with E-state index in [-0.39, 0.29) is 18.2 Å². The van der Waals surface area contributed by atoms with Gasteiger partial charge in [0.2, 0.25) is 0 Å². The second-order valence-electron chi connectivity index (χ2n) is 5.13. The fourth-order valence-electron chi connectivity index (χ4n) is 2.58. The molecule has 0 radical (unpaired) electrons. The van der Waals surface area contributed by atoms with E-state index >= 15 is 0 Å². The number of piperazine rings is 1. The van der Waals surface area contributed by atoms with Gasteiger partial charge in [-0.15, -0.1) is 4.91 Å². The molecular weight excluding hydrogens is 244 g/mol. The average molecular weight is 268 g/mol. The van der Waals surface area contributed by atoms with Crippen LogP contribution >= 0.6 is 0 Å². The lowest BCUT2D eigenvalue weighted by molar-refractivity contribution is 0.342. The summed E-state index contributed by atoms with van der Waals surface area (Å²) in [5.74, 6) is 0.191. The van der Waals surface area contributed by atoms with Crippen LogP contribution in [0.15, 0.2) is 16.9 Å². The van der Waals surface area contributed by atoms with E-state index in [1.54, 1.807) is 6.08 Å². The zero-order valence-corrected chi connectivity index (χ0v) is 11.2. The van der Waals surface area contributed by atoms with Gasteiger partial charge in [-0.25, -0.2) is 0 Å². The van der Waals surface area contributed by atoms with E-state index in [1.165, 1.54) is 0 Å². The van der Waals surface area contributed by atoms with Crippen molar-refractivity contribution >= 4 is 0 Å². The van der Waals surface area contributed by atoms with Gasteiger partial charge in [0, 0.05) is 32.1 Å². The molecule has 2 aliphatic rings. The van der Waals surface area contributed by atoms with Crippen LogP contribution in [0.2, 0.25) is 0 Å². The monoisotopic (exact) mass is 268 g/mol. The molecule has 2 heterocycles. The Morgan fingerprint density at radius 3 is 2.79 bits per heavy atom. The van der Waals surface area contributed by atoms with E-state index in [1.807, 2.05) is 0 Å². The summed E-state index contributed by atoms with van der Waals surface area (Å²) < 4.78 is 0. The van der Waals surface area contributed by atoms with Gasteiger partial charge in [-0.2, -0.15) is 0 Å². The summed E-state index contributed by atoms with van der Waals surface area (Å²) in [5.41, 5.74) is 6.58. The van der Waals surface area contributed by atoms with Crippen LogP contribution in [0.4, 0.5) is 0 Å². The van der Waals surface area contributed by atoms with E-state index in [9.17, 15) is 4.91 Å².